The Morgan fingerprint density at radius 1 is 0.682 bits per heavy atom. The van der Waals surface area contributed by atoms with Crippen LogP contribution in [0.2, 0.25) is 0 Å². The molecule has 0 spiro atoms. The molecule has 22 heavy (non-hydrogen) atoms. The Labute approximate surface area is 159 Å². The minimum absolute atomic E-state index is 0. The summed E-state index contributed by atoms with van der Waals surface area (Å²) in [5.41, 5.74) is 0. The van der Waals surface area contributed by atoms with Gasteiger partial charge in [0.15, 0.2) is 0 Å². The first-order chi connectivity index (χ1) is 9.18. The van der Waals surface area contributed by atoms with E-state index >= 15 is 0 Å². The molecule has 0 bridgehead atoms. The Morgan fingerprint density at radius 3 is 0.909 bits per heavy atom. The quantitative estimate of drug-likeness (QED) is 0.242. The van der Waals surface area contributed by atoms with Crippen molar-refractivity contribution >= 4 is 70.0 Å². The standard InChI is InChI=1S/2C6H8O4.2Mg/c2*1-2-3-4(5(7)8)6(9)10;;/h2*2,4H,1,3H2,(H,7,8)(H,9,10);;/q;;2*+2/p-4. The van der Waals surface area contributed by atoms with E-state index in [0.29, 0.717) is 0 Å². The second-order valence-electron chi connectivity index (χ2n) is 3.43. The Kier molecular flexibility index (Phi) is 21.4. The number of rotatable bonds is 8. The minimum atomic E-state index is -1.64. The SMILES string of the molecule is C=CCC(C(=O)[O-])C(=O)[O-].C=CCC(C(=O)[O-])C(=O)[O-].[Mg+2].[Mg+2]. The maximum atomic E-state index is 9.95. The summed E-state index contributed by atoms with van der Waals surface area (Å²) in [6.07, 6.45) is 2.06. The van der Waals surface area contributed by atoms with E-state index in [-0.39, 0.29) is 58.9 Å². The number of carboxylic acid groups (broad SMARTS) is 4. The summed E-state index contributed by atoms with van der Waals surface area (Å²) < 4.78 is 0. The first-order valence-electron chi connectivity index (χ1n) is 5.24. The maximum absolute atomic E-state index is 9.95. The van der Waals surface area contributed by atoms with Crippen LogP contribution in [0.25, 0.3) is 0 Å². The zero-order chi connectivity index (χ0) is 16.3. The molecule has 0 rings (SSSR count). The van der Waals surface area contributed by atoms with Crippen molar-refractivity contribution in [2.45, 2.75) is 12.8 Å². The molecular weight excluding hydrogens is 321 g/mol. The molecule has 0 aliphatic heterocycles. The van der Waals surface area contributed by atoms with Gasteiger partial charge in [-0.15, -0.1) is 13.2 Å². The molecule has 0 aliphatic carbocycles. The van der Waals surface area contributed by atoms with Gasteiger partial charge in [-0.05, 0) is 12.8 Å². The van der Waals surface area contributed by atoms with Crippen LogP contribution in [0.4, 0.5) is 0 Å². The third-order valence-electron chi connectivity index (χ3n) is 1.94. The molecule has 0 aromatic carbocycles. The van der Waals surface area contributed by atoms with Crippen LogP contribution in [0.15, 0.2) is 25.3 Å². The van der Waals surface area contributed by atoms with E-state index in [0.717, 1.165) is 0 Å². The van der Waals surface area contributed by atoms with Gasteiger partial charge >= 0.3 is 46.1 Å². The van der Waals surface area contributed by atoms with Gasteiger partial charge in [-0.3, -0.25) is 0 Å². The summed E-state index contributed by atoms with van der Waals surface area (Å²) in [6, 6.07) is 0. The Balaban J connectivity index is -0.000000135. The molecular formula is C12H12Mg2O8. The molecule has 0 saturated carbocycles. The molecule has 0 unspecified atom stereocenters. The van der Waals surface area contributed by atoms with Gasteiger partial charge in [0.05, 0.1) is 23.9 Å². The summed E-state index contributed by atoms with van der Waals surface area (Å²) >= 11 is 0. The van der Waals surface area contributed by atoms with Gasteiger partial charge in [-0.1, -0.05) is 12.2 Å². The van der Waals surface area contributed by atoms with Gasteiger partial charge in [-0.2, -0.15) is 0 Å². The van der Waals surface area contributed by atoms with E-state index in [1.54, 1.807) is 0 Å². The van der Waals surface area contributed by atoms with Crippen LogP contribution < -0.4 is 20.4 Å². The van der Waals surface area contributed by atoms with Gasteiger partial charge in [0.25, 0.3) is 0 Å². The monoisotopic (exact) mass is 332 g/mol. The molecule has 10 heteroatoms. The molecule has 0 aliphatic rings. The van der Waals surface area contributed by atoms with E-state index in [1.807, 2.05) is 0 Å². The Morgan fingerprint density at radius 2 is 0.864 bits per heavy atom. The minimum Gasteiger partial charge on any atom is -0.549 e. The average Bonchev–Trinajstić information content (AvgIpc) is 2.32. The summed E-state index contributed by atoms with van der Waals surface area (Å²) in [5.74, 6) is -9.70. The number of carboxylic acids is 4. The van der Waals surface area contributed by atoms with Gasteiger partial charge in [0, 0.05) is 11.8 Å². The van der Waals surface area contributed by atoms with Crippen LogP contribution in [-0.2, 0) is 19.2 Å². The summed E-state index contributed by atoms with van der Waals surface area (Å²) in [6.45, 7) is 6.37. The maximum Gasteiger partial charge on any atom is 2.00 e. The molecule has 0 radical (unpaired) electrons. The van der Waals surface area contributed by atoms with Crippen molar-refractivity contribution in [3.8, 4) is 0 Å². The topological polar surface area (TPSA) is 161 Å². The van der Waals surface area contributed by atoms with Crippen molar-refractivity contribution in [2.75, 3.05) is 0 Å². The molecule has 0 atom stereocenters. The number of aliphatic carboxylic acids is 4. The third kappa shape index (κ3) is 13.9. The van der Waals surface area contributed by atoms with Crippen LogP contribution in [0, 0.1) is 11.8 Å². The largest absolute Gasteiger partial charge is 2.00 e. The molecule has 0 aromatic heterocycles. The van der Waals surface area contributed by atoms with Crippen LogP contribution in [-0.4, -0.2) is 70.0 Å². The van der Waals surface area contributed by atoms with Crippen molar-refractivity contribution in [2.24, 2.45) is 11.8 Å². The van der Waals surface area contributed by atoms with Crippen molar-refractivity contribution in [3.05, 3.63) is 25.3 Å². The normalized spacial score (nSPS) is 8.45. The summed E-state index contributed by atoms with van der Waals surface area (Å²) in [7, 11) is 0. The number of hydrogen-bond acceptors (Lipinski definition) is 8. The smallest absolute Gasteiger partial charge is 0.549 e. The average molecular weight is 333 g/mol. The van der Waals surface area contributed by atoms with Crippen LogP contribution >= 0.6 is 0 Å². The Hall–Kier alpha value is -1.11. The first kappa shape index (κ1) is 29.0. The van der Waals surface area contributed by atoms with Gasteiger partial charge in [0.1, 0.15) is 0 Å². The molecule has 0 saturated heterocycles. The van der Waals surface area contributed by atoms with Gasteiger partial charge in [0.2, 0.25) is 0 Å². The van der Waals surface area contributed by atoms with Crippen molar-refractivity contribution in [3.63, 3.8) is 0 Å². The fourth-order valence-electron chi connectivity index (χ4n) is 0.911. The second kappa shape index (κ2) is 16.3. The third-order valence-corrected chi connectivity index (χ3v) is 1.94. The molecule has 0 amide bonds. The van der Waals surface area contributed by atoms with Gasteiger partial charge in [-0.25, -0.2) is 0 Å². The molecule has 112 valence electrons. The van der Waals surface area contributed by atoms with Crippen molar-refractivity contribution in [1.82, 2.24) is 0 Å². The fourth-order valence-corrected chi connectivity index (χ4v) is 0.911. The predicted molar refractivity (Wildman–Crippen MR) is 68.1 cm³/mol. The summed E-state index contributed by atoms with van der Waals surface area (Å²) in [5, 5.41) is 39.8. The van der Waals surface area contributed by atoms with E-state index in [1.165, 1.54) is 12.2 Å². The van der Waals surface area contributed by atoms with E-state index < -0.39 is 35.7 Å². The van der Waals surface area contributed by atoms with Crippen LogP contribution in [0.5, 0.6) is 0 Å². The van der Waals surface area contributed by atoms with Crippen LogP contribution in [0.1, 0.15) is 12.8 Å². The fraction of sp³-hybridized carbons (Fsp3) is 0.333. The van der Waals surface area contributed by atoms with Crippen molar-refractivity contribution in [1.29, 1.82) is 0 Å². The number of carbonyl (C=O) groups excluding carboxylic acids is 4. The predicted octanol–water partition coefficient (Wildman–Crippen LogP) is -5.40. The van der Waals surface area contributed by atoms with Crippen molar-refractivity contribution < 1.29 is 39.6 Å². The van der Waals surface area contributed by atoms with E-state index in [2.05, 4.69) is 13.2 Å². The molecule has 8 nitrogen and oxygen atoms in total. The number of hydrogen-bond donors (Lipinski definition) is 0. The number of allylic oxidation sites excluding steroid dienone is 2. The number of carbonyl (C=O) groups is 4. The van der Waals surface area contributed by atoms with E-state index in [4.69, 9.17) is 0 Å². The molecule has 0 fully saturated rings. The Bertz CT molecular complexity index is 342. The zero-order valence-electron chi connectivity index (χ0n) is 11.8. The summed E-state index contributed by atoms with van der Waals surface area (Å²) in [4.78, 5) is 39.8. The molecule has 0 heterocycles. The first-order valence-corrected chi connectivity index (χ1v) is 5.24. The molecule has 0 aromatic rings. The second-order valence-corrected chi connectivity index (χ2v) is 3.43. The molecule has 0 N–H and O–H groups in total. The van der Waals surface area contributed by atoms with Crippen LogP contribution in [0.3, 0.4) is 0 Å². The van der Waals surface area contributed by atoms with E-state index in [9.17, 15) is 39.6 Å². The zero-order valence-corrected chi connectivity index (χ0v) is 14.6. The van der Waals surface area contributed by atoms with Gasteiger partial charge < -0.3 is 39.6 Å².